The van der Waals surface area contributed by atoms with Crippen LogP contribution in [0.5, 0.6) is 0 Å². The van der Waals surface area contributed by atoms with Crippen LogP contribution in [0.3, 0.4) is 0 Å². The predicted octanol–water partition coefficient (Wildman–Crippen LogP) is 6.31. The quantitative estimate of drug-likeness (QED) is 0.288. The SMILES string of the molecule is C=C1C=C(c2[nH]nc3c(C)cc(-c4cncc(CN5CCC(F)(F)C5)c4)cc23)Nc2c(C)ccc(N3CCN(C)CC3)c21. The smallest absolute Gasteiger partial charge is 0.261 e. The second kappa shape index (κ2) is 10.6. The number of nitrogens with zero attached hydrogens (tertiary/aromatic N) is 5. The molecule has 0 atom stereocenters. The van der Waals surface area contributed by atoms with Crippen LogP contribution in [0.25, 0.3) is 33.3 Å². The first-order valence-electron chi connectivity index (χ1n) is 14.9. The topological polar surface area (TPSA) is 63.3 Å². The molecule has 2 saturated heterocycles. The predicted molar refractivity (Wildman–Crippen MR) is 170 cm³/mol. The number of likely N-dealkylation sites (N-methyl/N-ethyl adjacent to an activating group) is 1. The number of nitrogens with one attached hydrogen (secondary N) is 2. The highest BCUT2D eigenvalue weighted by Gasteiger charge is 2.38. The first-order chi connectivity index (χ1) is 20.6. The van der Waals surface area contributed by atoms with Crippen molar-refractivity contribution in [2.75, 3.05) is 56.5 Å². The molecule has 0 bridgehead atoms. The summed E-state index contributed by atoms with van der Waals surface area (Å²) in [6, 6.07) is 10.7. The van der Waals surface area contributed by atoms with E-state index in [9.17, 15) is 8.78 Å². The van der Waals surface area contributed by atoms with Crippen LogP contribution in [0.2, 0.25) is 0 Å². The second-order valence-corrected chi connectivity index (χ2v) is 12.3. The number of aromatic amines is 1. The highest BCUT2D eigenvalue weighted by molar-refractivity contribution is 6.05. The molecule has 0 amide bonds. The zero-order valence-electron chi connectivity index (χ0n) is 25.0. The fourth-order valence-corrected chi connectivity index (χ4v) is 6.64. The Morgan fingerprint density at radius 1 is 0.977 bits per heavy atom. The van der Waals surface area contributed by atoms with Gasteiger partial charge in [-0.1, -0.05) is 12.6 Å². The number of hydrogen-bond donors (Lipinski definition) is 2. The molecular weight excluding hydrogens is 544 g/mol. The fourth-order valence-electron chi connectivity index (χ4n) is 6.64. The molecule has 0 saturated carbocycles. The lowest BCUT2D eigenvalue weighted by molar-refractivity contribution is 0.0115. The van der Waals surface area contributed by atoms with Crippen LogP contribution in [0, 0.1) is 13.8 Å². The number of aryl methyl sites for hydroxylation is 2. The summed E-state index contributed by atoms with van der Waals surface area (Å²) < 4.78 is 27.5. The Morgan fingerprint density at radius 3 is 2.56 bits per heavy atom. The number of piperazine rings is 1. The van der Waals surface area contributed by atoms with Crippen molar-refractivity contribution in [1.82, 2.24) is 25.0 Å². The van der Waals surface area contributed by atoms with E-state index in [1.54, 1.807) is 11.1 Å². The Kier molecular flexibility index (Phi) is 6.82. The van der Waals surface area contributed by atoms with Gasteiger partial charge in [-0.05, 0) is 79.1 Å². The molecular formula is C34H37F2N7. The summed E-state index contributed by atoms with van der Waals surface area (Å²) in [5.74, 6) is -2.61. The Hall–Kier alpha value is -4.08. The molecule has 7 rings (SSSR count). The van der Waals surface area contributed by atoms with Crippen LogP contribution < -0.4 is 10.2 Å². The second-order valence-electron chi connectivity index (χ2n) is 12.3. The van der Waals surface area contributed by atoms with Crippen molar-refractivity contribution >= 4 is 33.5 Å². The maximum atomic E-state index is 13.8. The molecule has 2 N–H and O–H groups in total. The minimum Gasteiger partial charge on any atom is -0.368 e. The van der Waals surface area contributed by atoms with Gasteiger partial charge in [0.25, 0.3) is 5.92 Å². The summed E-state index contributed by atoms with van der Waals surface area (Å²) in [5, 5.41) is 12.7. The molecule has 43 heavy (non-hydrogen) atoms. The van der Waals surface area contributed by atoms with Gasteiger partial charge in [-0.25, -0.2) is 8.78 Å². The normalized spacial score (nSPS) is 19.0. The van der Waals surface area contributed by atoms with Crippen LogP contribution in [0.1, 0.15) is 34.4 Å². The zero-order chi connectivity index (χ0) is 29.9. The lowest BCUT2D eigenvalue weighted by atomic mass is 9.93. The van der Waals surface area contributed by atoms with Gasteiger partial charge in [0.1, 0.15) is 0 Å². The number of anilines is 2. The van der Waals surface area contributed by atoms with Gasteiger partial charge in [-0.3, -0.25) is 15.0 Å². The van der Waals surface area contributed by atoms with E-state index in [4.69, 9.17) is 0 Å². The Labute approximate surface area is 250 Å². The fraction of sp³-hybridized carbons (Fsp3) is 0.353. The van der Waals surface area contributed by atoms with Crippen molar-refractivity contribution in [3.63, 3.8) is 0 Å². The van der Waals surface area contributed by atoms with Gasteiger partial charge in [0.15, 0.2) is 0 Å². The average Bonchev–Trinajstić information content (AvgIpc) is 3.57. The third-order valence-electron chi connectivity index (χ3n) is 9.04. The van der Waals surface area contributed by atoms with Crippen molar-refractivity contribution in [3.8, 4) is 11.1 Å². The van der Waals surface area contributed by atoms with E-state index in [0.29, 0.717) is 13.1 Å². The minimum atomic E-state index is -2.61. The molecule has 0 aliphatic carbocycles. The summed E-state index contributed by atoms with van der Waals surface area (Å²) in [7, 11) is 2.17. The van der Waals surface area contributed by atoms with E-state index in [0.717, 1.165) is 87.6 Å². The first-order valence-corrected chi connectivity index (χ1v) is 14.9. The zero-order valence-corrected chi connectivity index (χ0v) is 25.0. The summed E-state index contributed by atoms with van der Waals surface area (Å²) in [4.78, 5) is 11.1. The van der Waals surface area contributed by atoms with Gasteiger partial charge in [0, 0.05) is 80.3 Å². The summed E-state index contributed by atoms with van der Waals surface area (Å²) in [6.45, 7) is 13.4. The number of aromatic nitrogens is 3. The summed E-state index contributed by atoms with van der Waals surface area (Å²) in [6.07, 6.45) is 5.64. The largest absolute Gasteiger partial charge is 0.368 e. The van der Waals surface area contributed by atoms with Crippen molar-refractivity contribution in [2.24, 2.45) is 0 Å². The number of fused-ring (bicyclic) bond motifs is 2. The van der Waals surface area contributed by atoms with Gasteiger partial charge >= 0.3 is 0 Å². The molecule has 7 nitrogen and oxygen atoms in total. The Morgan fingerprint density at radius 2 is 1.79 bits per heavy atom. The standard InChI is InChI=1S/C34H37F2N7/c1-21-5-6-29(43-11-9-41(4)10-12-43)30-22(2)14-28(38-32(21)30)33-27-16-25(13-23(3)31(27)39-40-33)26-15-24(17-37-18-26)19-42-8-7-34(35,36)20-42/h5-6,13-18,38H,2,7-12,19-20H2,1,3-4H3,(H,39,40). The van der Waals surface area contributed by atoms with Crippen molar-refractivity contribution < 1.29 is 8.78 Å². The number of alkyl halides is 2. The third-order valence-corrected chi connectivity index (χ3v) is 9.04. The van der Waals surface area contributed by atoms with Gasteiger partial charge < -0.3 is 15.1 Å². The van der Waals surface area contributed by atoms with E-state index in [2.05, 4.69) is 94.2 Å². The van der Waals surface area contributed by atoms with Crippen molar-refractivity contribution in [2.45, 2.75) is 32.7 Å². The minimum absolute atomic E-state index is 0.0866. The van der Waals surface area contributed by atoms with Gasteiger partial charge in [0.2, 0.25) is 0 Å². The summed E-state index contributed by atoms with van der Waals surface area (Å²) in [5.41, 5.74) is 12.3. The molecule has 0 radical (unpaired) electrons. The number of likely N-dealkylation sites (tertiary alicyclic amines) is 1. The molecule has 0 spiro atoms. The lowest BCUT2D eigenvalue weighted by Crippen LogP contribution is -2.44. The number of hydrogen-bond acceptors (Lipinski definition) is 6. The molecule has 4 aromatic rings. The van der Waals surface area contributed by atoms with E-state index in [-0.39, 0.29) is 13.0 Å². The maximum Gasteiger partial charge on any atom is 0.261 e. The molecule has 2 aromatic carbocycles. The monoisotopic (exact) mass is 581 g/mol. The van der Waals surface area contributed by atoms with Crippen LogP contribution in [-0.2, 0) is 6.54 Å². The number of pyridine rings is 1. The van der Waals surface area contributed by atoms with E-state index >= 15 is 0 Å². The van der Waals surface area contributed by atoms with Crippen LogP contribution in [-0.4, -0.2) is 77.2 Å². The van der Waals surface area contributed by atoms with E-state index in [1.807, 2.05) is 6.20 Å². The third kappa shape index (κ3) is 5.21. The Balaban J connectivity index is 1.22. The van der Waals surface area contributed by atoms with Crippen LogP contribution in [0.15, 0.2) is 55.4 Å². The van der Waals surface area contributed by atoms with Crippen LogP contribution >= 0.6 is 0 Å². The molecule has 2 fully saturated rings. The van der Waals surface area contributed by atoms with Gasteiger partial charge in [-0.15, -0.1) is 0 Å². The van der Waals surface area contributed by atoms with E-state index < -0.39 is 5.92 Å². The molecule has 2 aromatic heterocycles. The molecule has 0 unspecified atom stereocenters. The number of allylic oxidation sites excluding steroid dienone is 2. The van der Waals surface area contributed by atoms with Gasteiger partial charge in [-0.2, -0.15) is 5.10 Å². The molecule has 3 aliphatic rings. The highest BCUT2D eigenvalue weighted by atomic mass is 19.3. The number of rotatable bonds is 5. The Bertz CT molecular complexity index is 1760. The molecule has 3 aliphatic heterocycles. The maximum absolute atomic E-state index is 13.8. The number of benzene rings is 2. The van der Waals surface area contributed by atoms with Crippen molar-refractivity contribution in [1.29, 1.82) is 0 Å². The number of H-pyrrole nitrogens is 1. The number of halogens is 2. The molecule has 9 heteroatoms. The molecule has 5 heterocycles. The highest BCUT2D eigenvalue weighted by Crippen LogP contribution is 2.43. The van der Waals surface area contributed by atoms with E-state index in [1.165, 1.54) is 11.3 Å². The molecule has 222 valence electrons. The van der Waals surface area contributed by atoms with Crippen LogP contribution in [0.4, 0.5) is 20.2 Å². The first kappa shape index (κ1) is 27.7. The van der Waals surface area contributed by atoms with Gasteiger partial charge in [0.05, 0.1) is 29.1 Å². The van der Waals surface area contributed by atoms with Crippen molar-refractivity contribution in [3.05, 3.63) is 83.3 Å². The lowest BCUT2D eigenvalue weighted by Gasteiger charge is -2.37. The average molecular weight is 582 g/mol. The summed E-state index contributed by atoms with van der Waals surface area (Å²) >= 11 is 0.